The van der Waals surface area contributed by atoms with Crippen LogP contribution in [0.25, 0.3) is 0 Å². The average molecular weight is 241 g/mol. The molecule has 0 radical (unpaired) electrons. The van der Waals surface area contributed by atoms with E-state index in [1.54, 1.807) is 6.07 Å². The molecule has 1 saturated carbocycles. The van der Waals surface area contributed by atoms with Crippen LogP contribution in [-0.2, 0) is 0 Å². The number of hydrogen-bond acceptors (Lipinski definition) is 3. The number of halogens is 1. The highest BCUT2D eigenvalue weighted by molar-refractivity contribution is 6.29. The summed E-state index contributed by atoms with van der Waals surface area (Å²) in [6, 6.07) is 1.67. The molecule has 0 amide bonds. The summed E-state index contributed by atoms with van der Waals surface area (Å²) in [5.41, 5.74) is 0. The highest BCUT2D eigenvalue weighted by Crippen LogP contribution is 2.35. The van der Waals surface area contributed by atoms with Crippen LogP contribution in [-0.4, -0.2) is 16.1 Å². The van der Waals surface area contributed by atoms with Gasteiger partial charge < -0.3 is 4.74 Å². The molecule has 16 heavy (non-hydrogen) atoms. The van der Waals surface area contributed by atoms with E-state index in [2.05, 4.69) is 23.8 Å². The maximum Gasteiger partial charge on any atom is 0.218 e. The van der Waals surface area contributed by atoms with Gasteiger partial charge in [-0.05, 0) is 24.7 Å². The van der Waals surface area contributed by atoms with E-state index in [0.717, 1.165) is 24.7 Å². The summed E-state index contributed by atoms with van der Waals surface area (Å²) in [6.45, 7) is 4.54. The van der Waals surface area contributed by atoms with Crippen molar-refractivity contribution in [1.29, 1.82) is 0 Å². The summed E-state index contributed by atoms with van der Waals surface area (Å²) in [4.78, 5) is 7.90. The summed E-state index contributed by atoms with van der Waals surface area (Å²) < 4.78 is 5.82. The topological polar surface area (TPSA) is 35.0 Å². The predicted molar refractivity (Wildman–Crippen MR) is 63.6 cm³/mol. The smallest absolute Gasteiger partial charge is 0.218 e. The Labute approximate surface area is 101 Å². The SMILES string of the molecule is CC[C@H]1C[C@@H](Oc2cc(Cl)ncn2)C[C@@H]1C. The number of aromatic nitrogens is 2. The van der Waals surface area contributed by atoms with Crippen molar-refractivity contribution in [2.24, 2.45) is 11.8 Å². The molecule has 1 aliphatic carbocycles. The van der Waals surface area contributed by atoms with Crippen LogP contribution in [0, 0.1) is 11.8 Å². The average Bonchev–Trinajstić information content (AvgIpc) is 2.58. The van der Waals surface area contributed by atoms with Crippen LogP contribution in [0.3, 0.4) is 0 Å². The summed E-state index contributed by atoms with van der Waals surface area (Å²) in [6.07, 6.45) is 5.18. The fourth-order valence-electron chi connectivity index (χ4n) is 2.49. The first kappa shape index (κ1) is 11.6. The standard InChI is InChI=1S/C12H17ClN2O/c1-3-9-5-10(4-8(9)2)16-12-6-11(13)14-7-15-12/h6-10H,3-5H2,1-2H3/t8-,9-,10-/m0/s1. The van der Waals surface area contributed by atoms with E-state index in [9.17, 15) is 0 Å². The number of nitrogens with zero attached hydrogens (tertiary/aromatic N) is 2. The van der Waals surface area contributed by atoms with Crippen LogP contribution >= 0.6 is 11.6 Å². The van der Waals surface area contributed by atoms with Gasteiger partial charge in [0, 0.05) is 6.07 Å². The third-order valence-electron chi connectivity index (χ3n) is 3.43. The van der Waals surface area contributed by atoms with Crippen molar-refractivity contribution in [3.8, 4) is 5.88 Å². The molecule has 0 N–H and O–H groups in total. The minimum absolute atomic E-state index is 0.283. The quantitative estimate of drug-likeness (QED) is 0.761. The minimum Gasteiger partial charge on any atom is -0.474 e. The molecule has 2 rings (SSSR count). The Kier molecular flexibility index (Phi) is 3.64. The van der Waals surface area contributed by atoms with Gasteiger partial charge in [0.1, 0.15) is 17.6 Å². The molecular weight excluding hydrogens is 224 g/mol. The molecule has 1 fully saturated rings. The first-order chi connectivity index (χ1) is 7.69. The highest BCUT2D eigenvalue weighted by Gasteiger charge is 2.31. The van der Waals surface area contributed by atoms with E-state index in [1.807, 2.05) is 0 Å². The lowest BCUT2D eigenvalue weighted by molar-refractivity contribution is 0.193. The summed E-state index contributed by atoms with van der Waals surface area (Å²) in [5, 5.41) is 0.433. The third-order valence-corrected chi connectivity index (χ3v) is 3.63. The Balaban J connectivity index is 1.96. The van der Waals surface area contributed by atoms with Gasteiger partial charge in [0.25, 0.3) is 0 Å². The molecule has 0 bridgehead atoms. The second-order valence-electron chi connectivity index (χ2n) is 4.54. The molecule has 1 aliphatic rings. The van der Waals surface area contributed by atoms with Gasteiger partial charge >= 0.3 is 0 Å². The van der Waals surface area contributed by atoms with Crippen LogP contribution in [0.4, 0.5) is 0 Å². The first-order valence-corrected chi connectivity index (χ1v) is 6.21. The zero-order chi connectivity index (χ0) is 11.5. The zero-order valence-electron chi connectivity index (χ0n) is 9.69. The Morgan fingerprint density at radius 3 is 2.88 bits per heavy atom. The molecule has 1 aromatic heterocycles. The Morgan fingerprint density at radius 2 is 2.25 bits per heavy atom. The van der Waals surface area contributed by atoms with Crippen molar-refractivity contribution >= 4 is 11.6 Å². The molecule has 3 atom stereocenters. The van der Waals surface area contributed by atoms with E-state index in [0.29, 0.717) is 11.0 Å². The molecule has 0 unspecified atom stereocenters. The maximum atomic E-state index is 5.82. The highest BCUT2D eigenvalue weighted by atomic mass is 35.5. The van der Waals surface area contributed by atoms with Crippen LogP contribution in [0.5, 0.6) is 5.88 Å². The molecule has 0 saturated heterocycles. The molecule has 88 valence electrons. The van der Waals surface area contributed by atoms with E-state index in [-0.39, 0.29) is 6.10 Å². The lowest BCUT2D eigenvalue weighted by Gasteiger charge is -2.12. The molecule has 3 nitrogen and oxygen atoms in total. The number of ether oxygens (including phenoxy) is 1. The van der Waals surface area contributed by atoms with Crippen molar-refractivity contribution in [3.05, 3.63) is 17.5 Å². The monoisotopic (exact) mass is 240 g/mol. The van der Waals surface area contributed by atoms with E-state index >= 15 is 0 Å². The van der Waals surface area contributed by atoms with E-state index < -0.39 is 0 Å². The Bertz CT molecular complexity index is 359. The van der Waals surface area contributed by atoms with Crippen LogP contribution in [0.1, 0.15) is 33.1 Å². The fraction of sp³-hybridized carbons (Fsp3) is 0.667. The van der Waals surface area contributed by atoms with Gasteiger partial charge in [-0.3, -0.25) is 0 Å². The third kappa shape index (κ3) is 2.64. The summed E-state index contributed by atoms with van der Waals surface area (Å²) in [5.74, 6) is 2.11. The molecule has 0 spiro atoms. The Morgan fingerprint density at radius 1 is 1.44 bits per heavy atom. The van der Waals surface area contributed by atoms with Gasteiger partial charge in [-0.25, -0.2) is 9.97 Å². The van der Waals surface area contributed by atoms with E-state index in [1.165, 1.54) is 12.7 Å². The number of rotatable bonds is 3. The summed E-state index contributed by atoms with van der Waals surface area (Å²) >= 11 is 5.78. The molecule has 1 aromatic rings. The maximum absolute atomic E-state index is 5.82. The zero-order valence-corrected chi connectivity index (χ0v) is 10.4. The molecule has 0 aliphatic heterocycles. The lowest BCUT2D eigenvalue weighted by Crippen LogP contribution is -2.13. The van der Waals surface area contributed by atoms with Gasteiger partial charge in [-0.15, -0.1) is 0 Å². The largest absolute Gasteiger partial charge is 0.474 e. The number of hydrogen-bond donors (Lipinski definition) is 0. The van der Waals surface area contributed by atoms with Gasteiger partial charge in [-0.2, -0.15) is 0 Å². The predicted octanol–water partition coefficient (Wildman–Crippen LogP) is 3.33. The minimum atomic E-state index is 0.283. The van der Waals surface area contributed by atoms with Gasteiger partial charge in [0.05, 0.1) is 0 Å². The molecular formula is C12H17ClN2O. The van der Waals surface area contributed by atoms with Crippen LogP contribution < -0.4 is 4.74 Å². The lowest BCUT2D eigenvalue weighted by atomic mass is 9.96. The molecule has 4 heteroatoms. The fourth-order valence-corrected chi connectivity index (χ4v) is 2.63. The Hall–Kier alpha value is -0.830. The van der Waals surface area contributed by atoms with E-state index in [4.69, 9.17) is 16.3 Å². The van der Waals surface area contributed by atoms with Crippen molar-refractivity contribution in [2.45, 2.75) is 39.2 Å². The van der Waals surface area contributed by atoms with Crippen molar-refractivity contribution < 1.29 is 4.74 Å². The molecule has 0 aromatic carbocycles. The first-order valence-electron chi connectivity index (χ1n) is 5.83. The van der Waals surface area contributed by atoms with Gasteiger partial charge in [0.15, 0.2) is 0 Å². The van der Waals surface area contributed by atoms with Crippen molar-refractivity contribution in [2.75, 3.05) is 0 Å². The van der Waals surface area contributed by atoms with Crippen LogP contribution in [0.15, 0.2) is 12.4 Å². The normalized spacial score (nSPS) is 29.3. The van der Waals surface area contributed by atoms with Crippen LogP contribution in [0.2, 0.25) is 5.15 Å². The van der Waals surface area contributed by atoms with Crippen molar-refractivity contribution in [3.63, 3.8) is 0 Å². The second kappa shape index (κ2) is 5.00. The molecule has 1 heterocycles. The van der Waals surface area contributed by atoms with Gasteiger partial charge in [0.2, 0.25) is 5.88 Å². The second-order valence-corrected chi connectivity index (χ2v) is 4.92. The van der Waals surface area contributed by atoms with Crippen molar-refractivity contribution in [1.82, 2.24) is 9.97 Å². The summed E-state index contributed by atoms with van der Waals surface area (Å²) in [7, 11) is 0. The van der Waals surface area contributed by atoms with Gasteiger partial charge in [-0.1, -0.05) is 31.9 Å².